The Hall–Kier alpha value is -1.10. The number of benzene rings is 1. The molecule has 21 heavy (non-hydrogen) atoms. The van der Waals surface area contributed by atoms with E-state index in [1.54, 1.807) is 0 Å². The first-order valence-electron chi connectivity index (χ1n) is 7.99. The molecule has 0 aliphatic carbocycles. The minimum atomic E-state index is 0.565. The minimum absolute atomic E-state index is 0.565. The molecule has 0 saturated carbocycles. The van der Waals surface area contributed by atoms with Gasteiger partial charge < -0.3 is 20.3 Å². The Bertz CT molecular complexity index is 424. The second-order valence-electron chi connectivity index (χ2n) is 6.09. The highest BCUT2D eigenvalue weighted by Gasteiger charge is 2.20. The molecular weight excluding hydrogens is 262 g/mol. The Kier molecular flexibility index (Phi) is 6.49. The van der Waals surface area contributed by atoms with Crippen LogP contribution in [0.1, 0.15) is 24.8 Å². The van der Waals surface area contributed by atoms with Crippen LogP contribution in [-0.2, 0) is 6.54 Å². The molecule has 1 aromatic carbocycles. The van der Waals surface area contributed by atoms with Crippen molar-refractivity contribution in [2.75, 3.05) is 40.3 Å². The van der Waals surface area contributed by atoms with Gasteiger partial charge in [0.1, 0.15) is 5.75 Å². The summed E-state index contributed by atoms with van der Waals surface area (Å²) in [6.07, 6.45) is 3.69. The SMILES string of the molecule is CN1CCCC(N(C)CCCOc2cccc(CN)c2)C1. The largest absolute Gasteiger partial charge is 0.494 e. The lowest BCUT2D eigenvalue weighted by molar-refractivity contribution is 0.128. The van der Waals surface area contributed by atoms with Gasteiger partial charge in [0.05, 0.1) is 6.61 Å². The summed E-state index contributed by atoms with van der Waals surface area (Å²) in [6.45, 7) is 4.85. The van der Waals surface area contributed by atoms with Gasteiger partial charge in [0.15, 0.2) is 0 Å². The topological polar surface area (TPSA) is 41.7 Å². The lowest BCUT2D eigenvalue weighted by Crippen LogP contribution is -2.45. The van der Waals surface area contributed by atoms with E-state index in [4.69, 9.17) is 10.5 Å². The monoisotopic (exact) mass is 291 g/mol. The van der Waals surface area contributed by atoms with Gasteiger partial charge >= 0.3 is 0 Å². The molecule has 1 atom stereocenters. The van der Waals surface area contributed by atoms with Crippen LogP contribution in [-0.4, -0.2) is 56.2 Å². The quantitative estimate of drug-likeness (QED) is 0.780. The van der Waals surface area contributed by atoms with Crippen LogP contribution in [0.5, 0.6) is 5.75 Å². The molecule has 1 aliphatic heterocycles. The summed E-state index contributed by atoms with van der Waals surface area (Å²) in [6, 6.07) is 8.75. The second kappa shape index (κ2) is 8.37. The van der Waals surface area contributed by atoms with E-state index in [9.17, 15) is 0 Å². The maximum Gasteiger partial charge on any atom is 0.119 e. The molecule has 1 aliphatic rings. The van der Waals surface area contributed by atoms with E-state index in [0.29, 0.717) is 12.6 Å². The maximum absolute atomic E-state index is 5.81. The van der Waals surface area contributed by atoms with Crippen molar-refractivity contribution in [2.24, 2.45) is 5.73 Å². The number of likely N-dealkylation sites (tertiary alicyclic amines) is 1. The predicted octanol–water partition coefficient (Wildman–Crippen LogP) is 1.94. The number of likely N-dealkylation sites (N-methyl/N-ethyl adjacent to an activating group) is 2. The van der Waals surface area contributed by atoms with Crippen molar-refractivity contribution in [3.8, 4) is 5.75 Å². The standard InChI is InChI=1S/C17H29N3O/c1-19-9-4-7-16(14-19)20(2)10-5-11-21-17-8-3-6-15(12-17)13-18/h3,6,8,12,16H,4-5,7,9-11,13-14,18H2,1-2H3. The molecule has 0 radical (unpaired) electrons. The van der Waals surface area contributed by atoms with Crippen molar-refractivity contribution in [1.29, 1.82) is 0 Å². The fourth-order valence-corrected chi connectivity index (χ4v) is 2.95. The van der Waals surface area contributed by atoms with Gasteiger partial charge in [0.25, 0.3) is 0 Å². The van der Waals surface area contributed by atoms with Crippen LogP contribution in [0, 0.1) is 0 Å². The lowest BCUT2D eigenvalue weighted by atomic mass is 10.1. The summed E-state index contributed by atoms with van der Waals surface area (Å²) in [5, 5.41) is 0. The first-order valence-corrected chi connectivity index (χ1v) is 7.99. The van der Waals surface area contributed by atoms with Crippen molar-refractivity contribution in [2.45, 2.75) is 31.8 Å². The molecular formula is C17H29N3O. The lowest BCUT2D eigenvalue weighted by Gasteiger charge is -2.35. The Labute approximate surface area is 128 Å². The molecule has 4 nitrogen and oxygen atoms in total. The van der Waals surface area contributed by atoms with Crippen LogP contribution in [0.4, 0.5) is 0 Å². The van der Waals surface area contributed by atoms with Crippen molar-refractivity contribution < 1.29 is 4.74 Å². The summed E-state index contributed by atoms with van der Waals surface area (Å²) < 4.78 is 5.81. The molecule has 0 spiro atoms. The van der Waals surface area contributed by atoms with E-state index in [1.165, 1.54) is 25.9 Å². The van der Waals surface area contributed by atoms with E-state index in [-0.39, 0.29) is 0 Å². The number of rotatable bonds is 7. The van der Waals surface area contributed by atoms with Crippen molar-refractivity contribution in [1.82, 2.24) is 9.80 Å². The smallest absolute Gasteiger partial charge is 0.119 e. The average molecular weight is 291 g/mol. The van der Waals surface area contributed by atoms with E-state index in [0.717, 1.165) is 30.9 Å². The van der Waals surface area contributed by atoms with Crippen LogP contribution >= 0.6 is 0 Å². The van der Waals surface area contributed by atoms with Gasteiger partial charge in [-0.25, -0.2) is 0 Å². The Morgan fingerprint density at radius 1 is 1.43 bits per heavy atom. The summed E-state index contributed by atoms with van der Waals surface area (Å²) in [4.78, 5) is 4.91. The summed E-state index contributed by atoms with van der Waals surface area (Å²) in [5.41, 5.74) is 6.76. The molecule has 1 heterocycles. The number of piperidine rings is 1. The van der Waals surface area contributed by atoms with Crippen molar-refractivity contribution in [3.63, 3.8) is 0 Å². The van der Waals surface area contributed by atoms with Crippen LogP contribution in [0.3, 0.4) is 0 Å². The van der Waals surface area contributed by atoms with E-state index < -0.39 is 0 Å². The molecule has 0 amide bonds. The molecule has 1 unspecified atom stereocenters. The average Bonchev–Trinajstić information content (AvgIpc) is 2.51. The summed E-state index contributed by atoms with van der Waals surface area (Å²) in [5.74, 6) is 0.929. The van der Waals surface area contributed by atoms with Gasteiger partial charge in [0, 0.05) is 25.7 Å². The van der Waals surface area contributed by atoms with Crippen LogP contribution in [0.25, 0.3) is 0 Å². The maximum atomic E-state index is 5.81. The van der Waals surface area contributed by atoms with Gasteiger partial charge in [-0.05, 0) is 57.6 Å². The molecule has 2 N–H and O–H groups in total. The number of hydrogen-bond acceptors (Lipinski definition) is 4. The molecule has 1 fully saturated rings. The number of hydrogen-bond donors (Lipinski definition) is 1. The van der Waals surface area contributed by atoms with Crippen molar-refractivity contribution >= 4 is 0 Å². The molecule has 2 rings (SSSR count). The first-order chi connectivity index (χ1) is 10.2. The fraction of sp³-hybridized carbons (Fsp3) is 0.647. The minimum Gasteiger partial charge on any atom is -0.494 e. The molecule has 0 aromatic heterocycles. The molecule has 0 bridgehead atoms. The zero-order valence-electron chi connectivity index (χ0n) is 13.4. The van der Waals surface area contributed by atoms with E-state index in [2.05, 4.69) is 23.9 Å². The van der Waals surface area contributed by atoms with Gasteiger partial charge in [-0.1, -0.05) is 12.1 Å². The number of nitrogens with zero attached hydrogens (tertiary/aromatic N) is 2. The predicted molar refractivity (Wildman–Crippen MR) is 87.6 cm³/mol. The van der Waals surface area contributed by atoms with Crippen molar-refractivity contribution in [3.05, 3.63) is 29.8 Å². The van der Waals surface area contributed by atoms with Gasteiger partial charge in [0.2, 0.25) is 0 Å². The van der Waals surface area contributed by atoms with E-state index in [1.807, 2.05) is 24.3 Å². The Balaban J connectivity index is 1.66. The summed E-state index contributed by atoms with van der Waals surface area (Å²) in [7, 11) is 4.45. The zero-order valence-corrected chi connectivity index (χ0v) is 13.4. The second-order valence-corrected chi connectivity index (χ2v) is 6.09. The number of ether oxygens (including phenoxy) is 1. The third-order valence-corrected chi connectivity index (χ3v) is 4.28. The third kappa shape index (κ3) is 5.30. The Morgan fingerprint density at radius 3 is 3.05 bits per heavy atom. The molecule has 4 heteroatoms. The molecule has 1 saturated heterocycles. The highest BCUT2D eigenvalue weighted by molar-refractivity contribution is 5.28. The highest BCUT2D eigenvalue weighted by atomic mass is 16.5. The first kappa shape index (κ1) is 16.3. The zero-order chi connectivity index (χ0) is 15.1. The number of nitrogens with two attached hydrogens (primary N) is 1. The highest BCUT2D eigenvalue weighted by Crippen LogP contribution is 2.15. The van der Waals surface area contributed by atoms with E-state index >= 15 is 0 Å². The van der Waals surface area contributed by atoms with Gasteiger partial charge in [-0.2, -0.15) is 0 Å². The van der Waals surface area contributed by atoms with Crippen LogP contribution in [0.15, 0.2) is 24.3 Å². The fourth-order valence-electron chi connectivity index (χ4n) is 2.95. The molecule has 1 aromatic rings. The molecule has 118 valence electrons. The normalized spacial score (nSPS) is 19.9. The Morgan fingerprint density at radius 2 is 2.29 bits per heavy atom. The summed E-state index contributed by atoms with van der Waals surface area (Å²) >= 11 is 0. The van der Waals surface area contributed by atoms with Crippen LogP contribution in [0.2, 0.25) is 0 Å². The van der Waals surface area contributed by atoms with Crippen LogP contribution < -0.4 is 10.5 Å². The third-order valence-electron chi connectivity index (χ3n) is 4.28. The van der Waals surface area contributed by atoms with Gasteiger partial charge in [-0.15, -0.1) is 0 Å². The van der Waals surface area contributed by atoms with Gasteiger partial charge in [-0.3, -0.25) is 0 Å².